The fourth-order valence-electron chi connectivity index (χ4n) is 2.89. The molecule has 0 atom stereocenters. The van der Waals surface area contributed by atoms with Gasteiger partial charge in [0, 0.05) is 10.6 Å². The second-order valence-electron chi connectivity index (χ2n) is 6.27. The average molecular weight is 443 g/mol. The maximum Gasteiger partial charge on any atom is 0.283 e. The number of carbonyl (C=O) groups is 2. The van der Waals surface area contributed by atoms with Crippen LogP contribution in [0, 0.1) is 11.6 Å². The average Bonchev–Trinajstić information content (AvgIpc) is 2.96. The van der Waals surface area contributed by atoms with Crippen LogP contribution >= 0.6 is 23.4 Å². The second-order valence-corrected chi connectivity index (χ2v) is 7.76. The molecule has 0 unspecified atom stereocenters. The Hall–Kier alpha value is -3.16. The monoisotopic (exact) mass is 442 g/mol. The van der Waals surface area contributed by atoms with Gasteiger partial charge in [0.15, 0.2) is 0 Å². The highest BCUT2D eigenvalue weighted by Gasteiger charge is 2.41. The van der Waals surface area contributed by atoms with E-state index in [1.807, 2.05) is 6.07 Å². The first-order valence-electron chi connectivity index (χ1n) is 8.78. The summed E-state index contributed by atoms with van der Waals surface area (Å²) in [6.07, 6.45) is 0. The lowest BCUT2D eigenvalue weighted by molar-refractivity contribution is -0.120. The number of halogens is 3. The van der Waals surface area contributed by atoms with Gasteiger partial charge in [-0.3, -0.25) is 9.59 Å². The van der Waals surface area contributed by atoms with E-state index in [1.54, 1.807) is 24.3 Å². The number of rotatable bonds is 5. The van der Waals surface area contributed by atoms with E-state index < -0.39 is 23.4 Å². The van der Waals surface area contributed by atoms with Crippen LogP contribution in [0.15, 0.2) is 88.3 Å². The number of anilines is 2. The van der Waals surface area contributed by atoms with Crippen LogP contribution in [0.25, 0.3) is 0 Å². The Morgan fingerprint density at radius 1 is 0.833 bits per heavy atom. The Kier molecular flexibility index (Phi) is 5.57. The molecular formula is C22H13ClF2N2O2S. The molecule has 0 aliphatic carbocycles. The lowest BCUT2D eigenvalue weighted by Gasteiger charge is -2.16. The molecule has 3 aromatic carbocycles. The van der Waals surface area contributed by atoms with Crippen molar-refractivity contribution in [1.29, 1.82) is 0 Å². The number of nitrogens with one attached hydrogen (secondary N) is 1. The van der Waals surface area contributed by atoms with Crippen molar-refractivity contribution in [2.45, 2.75) is 4.90 Å². The van der Waals surface area contributed by atoms with E-state index >= 15 is 0 Å². The third-order valence-corrected chi connectivity index (χ3v) is 5.67. The summed E-state index contributed by atoms with van der Waals surface area (Å²) in [5, 5.41) is 2.71. The van der Waals surface area contributed by atoms with Crippen molar-refractivity contribution in [3.05, 3.63) is 100 Å². The van der Waals surface area contributed by atoms with E-state index in [0.29, 0.717) is 5.69 Å². The topological polar surface area (TPSA) is 49.4 Å². The quantitative estimate of drug-likeness (QED) is 0.522. The molecule has 1 aliphatic rings. The maximum absolute atomic E-state index is 14.3. The molecule has 2 amide bonds. The molecule has 0 aromatic heterocycles. The predicted octanol–water partition coefficient (Wildman–Crippen LogP) is 5.61. The van der Waals surface area contributed by atoms with Crippen LogP contribution in [-0.2, 0) is 9.59 Å². The highest BCUT2D eigenvalue weighted by Crippen LogP contribution is 2.38. The highest BCUT2D eigenvalue weighted by atomic mass is 35.5. The summed E-state index contributed by atoms with van der Waals surface area (Å²) in [6.45, 7) is 0. The SMILES string of the molecule is O=C1C(Nc2ccc(F)c(Cl)c2)=C(Sc2ccccc2)C(=O)N1c1ccccc1F. The number of nitrogens with zero attached hydrogens (tertiary/aromatic N) is 1. The molecule has 30 heavy (non-hydrogen) atoms. The molecule has 1 heterocycles. The Bertz CT molecular complexity index is 1180. The van der Waals surface area contributed by atoms with Gasteiger partial charge in [-0.05, 0) is 42.5 Å². The molecule has 8 heteroatoms. The molecule has 0 fully saturated rings. The van der Waals surface area contributed by atoms with Gasteiger partial charge in [-0.25, -0.2) is 13.7 Å². The van der Waals surface area contributed by atoms with Crippen LogP contribution < -0.4 is 10.2 Å². The predicted molar refractivity (Wildman–Crippen MR) is 113 cm³/mol. The zero-order valence-electron chi connectivity index (χ0n) is 15.2. The number of carbonyl (C=O) groups excluding carboxylic acids is 2. The molecule has 150 valence electrons. The third-order valence-electron chi connectivity index (χ3n) is 4.29. The minimum Gasteiger partial charge on any atom is -0.350 e. The summed E-state index contributed by atoms with van der Waals surface area (Å²) < 4.78 is 27.8. The molecule has 4 nitrogen and oxygen atoms in total. The van der Waals surface area contributed by atoms with E-state index in [4.69, 9.17) is 11.6 Å². The second kappa shape index (κ2) is 8.30. The van der Waals surface area contributed by atoms with Crippen molar-refractivity contribution >= 4 is 46.6 Å². The first-order valence-corrected chi connectivity index (χ1v) is 9.97. The highest BCUT2D eigenvalue weighted by molar-refractivity contribution is 8.04. The lowest BCUT2D eigenvalue weighted by Crippen LogP contribution is -2.33. The van der Waals surface area contributed by atoms with Gasteiger partial charge in [-0.15, -0.1) is 0 Å². The van der Waals surface area contributed by atoms with Crippen molar-refractivity contribution in [1.82, 2.24) is 0 Å². The minimum absolute atomic E-state index is 0.0419. The van der Waals surface area contributed by atoms with Crippen LogP contribution in [0.4, 0.5) is 20.2 Å². The summed E-state index contributed by atoms with van der Waals surface area (Å²) in [5.74, 6) is -2.69. The van der Waals surface area contributed by atoms with E-state index in [0.717, 1.165) is 27.6 Å². The van der Waals surface area contributed by atoms with E-state index in [-0.39, 0.29) is 21.3 Å². The number of imide groups is 1. The maximum atomic E-state index is 14.3. The van der Waals surface area contributed by atoms with Gasteiger partial charge >= 0.3 is 0 Å². The molecule has 1 aliphatic heterocycles. The van der Waals surface area contributed by atoms with Crippen molar-refractivity contribution in [3.63, 3.8) is 0 Å². The van der Waals surface area contributed by atoms with Crippen molar-refractivity contribution in [2.24, 2.45) is 0 Å². The van der Waals surface area contributed by atoms with E-state index in [9.17, 15) is 18.4 Å². The van der Waals surface area contributed by atoms with E-state index in [2.05, 4.69) is 5.32 Å². The number of para-hydroxylation sites is 1. The van der Waals surface area contributed by atoms with Crippen molar-refractivity contribution in [3.8, 4) is 0 Å². The number of benzene rings is 3. The van der Waals surface area contributed by atoms with Crippen molar-refractivity contribution < 1.29 is 18.4 Å². The zero-order valence-corrected chi connectivity index (χ0v) is 16.8. The summed E-state index contributed by atoms with van der Waals surface area (Å²) >= 11 is 6.91. The number of hydrogen-bond donors (Lipinski definition) is 1. The number of thioether (sulfide) groups is 1. The Morgan fingerprint density at radius 3 is 2.23 bits per heavy atom. The molecule has 0 spiro atoms. The molecule has 1 N–H and O–H groups in total. The molecule has 0 saturated heterocycles. The largest absolute Gasteiger partial charge is 0.350 e. The van der Waals surface area contributed by atoms with Gasteiger partial charge in [0.2, 0.25) is 0 Å². The van der Waals surface area contributed by atoms with Crippen LogP contribution in [0.2, 0.25) is 5.02 Å². The molecule has 0 radical (unpaired) electrons. The summed E-state index contributed by atoms with van der Waals surface area (Å²) in [4.78, 5) is 27.9. The fourth-order valence-corrected chi connectivity index (χ4v) is 4.02. The summed E-state index contributed by atoms with van der Waals surface area (Å²) in [6, 6.07) is 18.4. The molecule has 0 bridgehead atoms. The van der Waals surface area contributed by atoms with Crippen LogP contribution in [0.5, 0.6) is 0 Å². The normalized spacial score (nSPS) is 13.9. The Morgan fingerprint density at radius 2 is 1.53 bits per heavy atom. The smallest absolute Gasteiger partial charge is 0.283 e. The lowest BCUT2D eigenvalue weighted by atomic mass is 10.2. The van der Waals surface area contributed by atoms with Crippen molar-refractivity contribution in [2.75, 3.05) is 10.2 Å². The van der Waals surface area contributed by atoms with Crippen LogP contribution in [0.3, 0.4) is 0 Å². The van der Waals surface area contributed by atoms with Gasteiger partial charge in [-0.1, -0.05) is 53.7 Å². The van der Waals surface area contributed by atoms with Gasteiger partial charge in [0.05, 0.1) is 10.7 Å². The number of amides is 2. The summed E-state index contributed by atoms with van der Waals surface area (Å²) in [5.41, 5.74) is 0.131. The zero-order chi connectivity index (χ0) is 21.3. The Balaban J connectivity index is 1.77. The first kappa shape index (κ1) is 20.1. The van der Waals surface area contributed by atoms with E-state index in [1.165, 1.54) is 36.4 Å². The third kappa shape index (κ3) is 3.81. The molecule has 3 aromatic rings. The van der Waals surface area contributed by atoms with Gasteiger partial charge < -0.3 is 5.32 Å². The summed E-state index contributed by atoms with van der Waals surface area (Å²) in [7, 11) is 0. The fraction of sp³-hybridized carbons (Fsp3) is 0. The molecule has 0 saturated carbocycles. The van der Waals surface area contributed by atoms with Gasteiger partial charge in [0.1, 0.15) is 22.2 Å². The number of hydrogen-bond acceptors (Lipinski definition) is 4. The minimum atomic E-state index is -0.719. The van der Waals surface area contributed by atoms with Crippen LogP contribution in [0.1, 0.15) is 0 Å². The standard InChI is InChI=1S/C22H13ClF2N2O2S/c23-15-12-13(10-11-16(15)24)26-19-20(30-14-6-2-1-3-7-14)22(29)27(21(19)28)18-9-5-4-8-17(18)25/h1-12,26H. The molecular weight excluding hydrogens is 430 g/mol. The molecule has 4 rings (SSSR count). The first-order chi connectivity index (χ1) is 14.5. The Labute approximate surface area is 180 Å². The van der Waals surface area contributed by atoms with Crippen LogP contribution in [-0.4, -0.2) is 11.8 Å². The van der Waals surface area contributed by atoms with Gasteiger partial charge in [-0.2, -0.15) is 0 Å². The van der Waals surface area contributed by atoms with Gasteiger partial charge in [0.25, 0.3) is 11.8 Å².